The number of rotatable bonds is 5. The average molecular weight is 404 g/mol. The van der Waals surface area contributed by atoms with Crippen molar-refractivity contribution in [2.45, 2.75) is 50.9 Å². The smallest absolute Gasteiger partial charge is 0.145 e. The topological polar surface area (TPSA) is 55.5 Å². The summed E-state index contributed by atoms with van der Waals surface area (Å²) in [4.78, 5) is 5.52. The van der Waals surface area contributed by atoms with Crippen LogP contribution >= 0.6 is 22.9 Å². The molecule has 1 aromatic carbocycles. The highest BCUT2D eigenvalue weighted by Gasteiger charge is 2.28. The molecule has 0 radical (unpaired) electrons. The molecule has 3 heterocycles. The first-order chi connectivity index (χ1) is 13.1. The van der Waals surface area contributed by atoms with Crippen molar-refractivity contribution in [2.75, 3.05) is 0 Å². The Kier molecular flexibility index (Phi) is 5.64. The van der Waals surface area contributed by atoms with Gasteiger partial charge in [-0.2, -0.15) is 0 Å². The van der Waals surface area contributed by atoms with Crippen LogP contribution in [0.2, 0.25) is 5.02 Å². The summed E-state index contributed by atoms with van der Waals surface area (Å²) in [5.74, 6) is 0.828. The lowest BCUT2D eigenvalue weighted by molar-refractivity contribution is -0.0983. The fourth-order valence-corrected chi connectivity index (χ4v) is 4.58. The van der Waals surface area contributed by atoms with Crippen LogP contribution in [-0.2, 0) is 11.2 Å². The number of aromatic nitrogens is 1. The zero-order valence-electron chi connectivity index (χ0n) is 15.1. The molecule has 0 amide bonds. The Morgan fingerprint density at radius 1 is 1.30 bits per heavy atom. The van der Waals surface area contributed by atoms with E-state index < -0.39 is 0 Å². The lowest BCUT2D eigenvalue weighted by atomic mass is 9.94. The zero-order chi connectivity index (χ0) is 18.8. The molecule has 1 fully saturated rings. The standard InChI is InChI=1S/C21H22ClNO3S/c1-2-16-10-15(24)11-19(26-16)13-5-6-17(22)14(8-13)9-21-23-12-20(27-21)18-4-3-7-25-18/h3-8,12,15-16,19,24H,2,9-11H2,1H3. The Morgan fingerprint density at radius 2 is 2.19 bits per heavy atom. The van der Waals surface area contributed by atoms with Gasteiger partial charge in [-0.3, -0.25) is 0 Å². The number of halogens is 1. The van der Waals surface area contributed by atoms with Crippen molar-refractivity contribution in [2.24, 2.45) is 0 Å². The van der Waals surface area contributed by atoms with Crippen molar-refractivity contribution in [3.8, 4) is 10.6 Å². The van der Waals surface area contributed by atoms with E-state index in [0.717, 1.165) is 38.2 Å². The molecule has 4 rings (SSSR count). The number of aliphatic hydroxyl groups is 1. The Morgan fingerprint density at radius 3 is 2.96 bits per heavy atom. The van der Waals surface area contributed by atoms with Gasteiger partial charge in [0, 0.05) is 24.1 Å². The summed E-state index contributed by atoms with van der Waals surface area (Å²) in [5, 5.41) is 11.9. The second-order valence-corrected chi connectivity index (χ2v) is 8.43. The first-order valence-electron chi connectivity index (χ1n) is 9.22. The van der Waals surface area contributed by atoms with E-state index in [1.807, 2.05) is 30.5 Å². The summed E-state index contributed by atoms with van der Waals surface area (Å²) in [6.07, 6.45) is 6.09. The number of thiazole rings is 1. The molecule has 142 valence electrons. The summed E-state index contributed by atoms with van der Waals surface area (Å²) in [5.41, 5.74) is 2.08. The second kappa shape index (κ2) is 8.15. The molecule has 0 saturated carbocycles. The average Bonchev–Trinajstić information content (AvgIpc) is 3.34. The fourth-order valence-electron chi connectivity index (χ4n) is 3.49. The van der Waals surface area contributed by atoms with Gasteiger partial charge >= 0.3 is 0 Å². The molecule has 0 bridgehead atoms. The molecular formula is C21H22ClNO3S. The monoisotopic (exact) mass is 403 g/mol. The summed E-state index contributed by atoms with van der Waals surface area (Å²) < 4.78 is 11.6. The van der Waals surface area contributed by atoms with Crippen molar-refractivity contribution < 1.29 is 14.3 Å². The van der Waals surface area contributed by atoms with Gasteiger partial charge in [-0.15, -0.1) is 11.3 Å². The van der Waals surface area contributed by atoms with E-state index in [1.165, 1.54) is 0 Å². The highest BCUT2D eigenvalue weighted by atomic mass is 35.5. The van der Waals surface area contributed by atoms with Crippen molar-refractivity contribution in [3.63, 3.8) is 0 Å². The number of furan rings is 1. The number of hydrogen-bond acceptors (Lipinski definition) is 5. The first-order valence-corrected chi connectivity index (χ1v) is 10.4. The third-order valence-corrected chi connectivity index (χ3v) is 6.31. The maximum Gasteiger partial charge on any atom is 0.145 e. The minimum atomic E-state index is -0.317. The minimum absolute atomic E-state index is 0.0929. The number of hydrogen-bond donors (Lipinski definition) is 1. The van der Waals surface area contributed by atoms with E-state index >= 15 is 0 Å². The Hall–Kier alpha value is -1.66. The summed E-state index contributed by atoms with van der Waals surface area (Å²) >= 11 is 8.05. The molecule has 2 aromatic heterocycles. The van der Waals surface area contributed by atoms with Crippen LogP contribution in [0.1, 0.15) is 48.4 Å². The van der Waals surface area contributed by atoms with Crippen molar-refractivity contribution in [1.29, 1.82) is 0 Å². The fraction of sp³-hybridized carbons (Fsp3) is 0.381. The molecule has 3 unspecified atom stereocenters. The summed E-state index contributed by atoms with van der Waals surface area (Å²) in [6.45, 7) is 2.09. The normalized spacial score (nSPS) is 22.9. The Balaban J connectivity index is 1.54. The largest absolute Gasteiger partial charge is 0.463 e. The van der Waals surface area contributed by atoms with Gasteiger partial charge in [0.15, 0.2) is 0 Å². The zero-order valence-corrected chi connectivity index (χ0v) is 16.7. The third kappa shape index (κ3) is 4.27. The molecule has 4 nitrogen and oxygen atoms in total. The molecule has 3 aromatic rings. The number of nitrogens with zero attached hydrogens (tertiary/aromatic N) is 1. The van der Waals surface area contributed by atoms with E-state index in [4.69, 9.17) is 20.8 Å². The van der Waals surface area contributed by atoms with E-state index in [9.17, 15) is 5.11 Å². The van der Waals surface area contributed by atoms with Crippen LogP contribution in [0.3, 0.4) is 0 Å². The van der Waals surface area contributed by atoms with Crippen LogP contribution in [0, 0.1) is 0 Å². The van der Waals surface area contributed by atoms with E-state index in [2.05, 4.69) is 18.0 Å². The van der Waals surface area contributed by atoms with E-state index in [1.54, 1.807) is 17.6 Å². The predicted octanol–water partition coefficient (Wildman–Crippen LogP) is 5.64. The molecule has 27 heavy (non-hydrogen) atoms. The second-order valence-electron chi connectivity index (χ2n) is 6.90. The molecular weight excluding hydrogens is 382 g/mol. The summed E-state index contributed by atoms with van der Waals surface area (Å²) in [6, 6.07) is 9.81. The van der Waals surface area contributed by atoms with Gasteiger partial charge in [-0.05, 0) is 42.2 Å². The van der Waals surface area contributed by atoms with Crippen molar-refractivity contribution in [1.82, 2.24) is 4.98 Å². The Bertz CT molecular complexity index is 893. The van der Waals surface area contributed by atoms with Crippen LogP contribution in [0.4, 0.5) is 0 Å². The molecule has 1 aliphatic rings. The van der Waals surface area contributed by atoms with Crippen LogP contribution in [-0.4, -0.2) is 22.3 Å². The molecule has 6 heteroatoms. The maximum atomic E-state index is 10.2. The maximum absolute atomic E-state index is 10.2. The third-order valence-electron chi connectivity index (χ3n) is 4.93. The van der Waals surface area contributed by atoms with Gasteiger partial charge in [0.05, 0.1) is 34.5 Å². The predicted molar refractivity (Wildman–Crippen MR) is 107 cm³/mol. The van der Waals surface area contributed by atoms with Crippen molar-refractivity contribution >= 4 is 22.9 Å². The molecule has 0 aliphatic carbocycles. The van der Waals surface area contributed by atoms with Crippen molar-refractivity contribution in [3.05, 3.63) is 63.9 Å². The SMILES string of the molecule is CCC1CC(O)CC(c2ccc(Cl)c(Cc3ncc(-c4ccco4)s3)c2)O1. The molecule has 1 aliphatic heterocycles. The summed E-state index contributed by atoms with van der Waals surface area (Å²) in [7, 11) is 0. The van der Waals surface area contributed by atoms with Gasteiger partial charge in [0.25, 0.3) is 0 Å². The van der Waals surface area contributed by atoms with E-state index in [0.29, 0.717) is 19.3 Å². The van der Waals surface area contributed by atoms with Crippen LogP contribution in [0.5, 0.6) is 0 Å². The van der Waals surface area contributed by atoms with Gasteiger partial charge < -0.3 is 14.3 Å². The van der Waals surface area contributed by atoms with Gasteiger partial charge in [0.2, 0.25) is 0 Å². The van der Waals surface area contributed by atoms with Crippen LogP contribution < -0.4 is 0 Å². The van der Waals surface area contributed by atoms with Gasteiger partial charge in [0.1, 0.15) is 5.76 Å². The molecule has 0 spiro atoms. The highest BCUT2D eigenvalue weighted by Crippen LogP contribution is 2.35. The van der Waals surface area contributed by atoms with E-state index in [-0.39, 0.29) is 18.3 Å². The first kappa shape index (κ1) is 18.7. The molecule has 3 atom stereocenters. The number of benzene rings is 1. The highest BCUT2D eigenvalue weighted by molar-refractivity contribution is 7.15. The number of aliphatic hydroxyl groups excluding tert-OH is 1. The van der Waals surface area contributed by atoms with Crippen LogP contribution in [0.25, 0.3) is 10.6 Å². The number of ether oxygens (including phenoxy) is 1. The van der Waals surface area contributed by atoms with Gasteiger partial charge in [-0.1, -0.05) is 30.7 Å². The van der Waals surface area contributed by atoms with Gasteiger partial charge in [-0.25, -0.2) is 4.98 Å². The Labute approximate surface area is 167 Å². The lowest BCUT2D eigenvalue weighted by Crippen LogP contribution is -2.30. The quantitative estimate of drug-likeness (QED) is 0.599. The lowest BCUT2D eigenvalue weighted by Gasteiger charge is -2.33. The molecule has 1 saturated heterocycles. The minimum Gasteiger partial charge on any atom is -0.463 e. The van der Waals surface area contributed by atoms with Crippen LogP contribution in [0.15, 0.2) is 47.2 Å². The molecule has 1 N–H and O–H groups in total.